The number of aromatic nitrogens is 2. The Morgan fingerprint density at radius 3 is 2.67 bits per heavy atom. The van der Waals surface area contributed by atoms with Gasteiger partial charge in [-0.05, 0) is 12.1 Å². The van der Waals surface area contributed by atoms with Gasteiger partial charge < -0.3 is 9.47 Å². The van der Waals surface area contributed by atoms with Crippen molar-refractivity contribution in [2.75, 3.05) is 14.2 Å². The lowest BCUT2D eigenvalue weighted by Gasteiger charge is -2.09. The highest BCUT2D eigenvalue weighted by molar-refractivity contribution is 6.29. The Morgan fingerprint density at radius 1 is 1.20 bits per heavy atom. The molecule has 5 heteroatoms. The largest absolute Gasteiger partial charge is 0.493 e. The van der Waals surface area contributed by atoms with Gasteiger partial charge in [0.15, 0.2) is 11.5 Å². The molecule has 0 unspecified atom stereocenters. The number of hydrogen-bond acceptors (Lipinski definition) is 4. The van der Waals surface area contributed by atoms with E-state index in [2.05, 4.69) is 9.97 Å². The molecular formula is C10H9ClN2O2. The number of benzene rings is 1. The quantitative estimate of drug-likeness (QED) is 0.785. The van der Waals surface area contributed by atoms with Gasteiger partial charge in [0, 0.05) is 0 Å². The molecule has 0 atom stereocenters. The van der Waals surface area contributed by atoms with Gasteiger partial charge in [0.05, 0.1) is 25.9 Å². The van der Waals surface area contributed by atoms with Gasteiger partial charge in [-0.1, -0.05) is 11.6 Å². The highest BCUT2D eigenvalue weighted by Gasteiger charge is 2.10. The van der Waals surface area contributed by atoms with Crippen LogP contribution in [0.25, 0.3) is 11.0 Å². The molecule has 78 valence electrons. The maximum absolute atomic E-state index is 5.77. The molecule has 15 heavy (non-hydrogen) atoms. The van der Waals surface area contributed by atoms with Gasteiger partial charge in [-0.3, -0.25) is 4.98 Å². The lowest BCUT2D eigenvalue weighted by molar-refractivity contribution is 0.358. The van der Waals surface area contributed by atoms with Crippen LogP contribution >= 0.6 is 11.6 Å². The normalized spacial score (nSPS) is 10.3. The van der Waals surface area contributed by atoms with Crippen molar-refractivity contribution in [2.45, 2.75) is 0 Å². The van der Waals surface area contributed by atoms with Crippen molar-refractivity contribution in [3.63, 3.8) is 0 Å². The summed E-state index contributed by atoms with van der Waals surface area (Å²) in [5.74, 6) is 1.16. The Balaban J connectivity index is 2.79. The molecule has 0 N–H and O–H groups in total. The summed E-state index contributed by atoms with van der Waals surface area (Å²) < 4.78 is 10.4. The molecule has 2 aromatic rings. The number of rotatable bonds is 2. The van der Waals surface area contributed by atoms with Gasteiger partial charge in [0.25, 0.3) is 0 Å². The van der Waals surface area contributed by atoms with Crippen molar-refractivity contribution in [3.8, 4) is 11.5 Å². The molecule has 0 amide bonds. The summed E-state index contributed by atoms with van der Waals surface area (Å²) in [6.45, 7) is 0. The highest BCUT2D eigenvalue weighted by Crippen LogP contribution is 2.33. The van der Waals surface area contributed by atoms with Gasteiger partial charge in [0.2, 0.25) is 0 Å². The van der Waals surface area contributed by atoms with Gasteiger partial charge in [-0.2, -0.15) is 0 Å². The van der Waals surface area contributed by atoms with Crippen LogP contribution in [0.5, 0.6) is 11.5 Å². The number of hydrogen-bond donors (Lipinski definition) is 0. The number of methoxy groups -OCH3 is 2. The van der Waals surface area contributed by atoms with E-state index in [-0.39, 0.29) is 0 Å². The third kappa shape index (κ3) is 1.68. The fourth-order valence-corrected chi connectivity index (χ4v) is 1.50. The first-order valence-corrected chi connectivity index (χ1v) is 4.67. The van der Waals surface area contributed by atoms with Gasteiger partial charge in [-0.25, -0.2) is 4.98 Å². The summed E-state index contributed by atoms with van der Waals surface area (Å²) in [5.41, 5.74) is 1.32. The average molecular weight is 225 g/mol. The number of fused-ring (bicyclic) bond motifs is 1. The fraction of sp³-hybridized carbons (Fsp3) is 0.200. The summed E-state index contributed by atoms with van der Waals surface area (Å²) in [4.78, 5) is 8.29. The predicted molar refractivity (Wildman–Crippen MR) is 57.7 cm³/mol. The minimum absolute atomic E-state index is 0.328. The second-order valence-electron chi connectivity index (χ2n) is 2.86. The maximum Gasteiger partial charge on any atom is 0.188 e. The predicted octanol–water partition coefficient (Wildman–Crippen LogP) is 2.30. The van der Waals surface area contributed by atoms with Crippen LogP contribution in [-0.4, -0.2) is 24.2 Å². The van der Waals surface area contributed by atoms with Crippen molar-refractivity contribution in [1.29, 1.82) is 0 Å². The lowest BCUT2D eigenvalue weighted by atomic mass is 10.2. The number of nitrogens with zero attached hydrogens (tertiary/aromatic N) is 2. The average Bonchev–Trinajstić information content (AvgIpc) is 2.27. The monoisotopic (exact) mass is 224 g/mol. The van der Waals surface area contributed by atoms with Crippen molar-refractivity contribution in [3.05, 3.63) is 23.5 Å². The fourth-order valence-electron chi connectivity index (χ4n) is 1.37. The van der Waals surface area contributed by atoms with E-state index < -0.39 is 0 Å². The zero-order valence-corrected chi connectivity index (χ0v) is 9.08. The Bertz CT molecular complexity index is 502. The van der Waals surface area contributed by atoms with E-state index in [0.717, 1.165) is 5.52 Å². The van der Waals surface area contributed by atoms with E-state index in [4.69, 9.17) is 21.1 Å². The van der Waals surface area contributed by atoms with Crippen molar-refractivity contribution >= 4 is 22.6 Å². The van der Waals surface area contributed by atoms with E-state index in [0.29, 0.717) is 22.2 Å². The second kappa shape index (κ2) is 3.90. The molecule has 0 aliphatic rings. The number of halogens is 1. The van der Waals surface area contributed by atoms with Crippen LogP contribution in [0.4, 0.5) is 0 Å². The van der Waals surface area contributed by atoms with Crippen LogP contribution in [0.15, 0.2) is 18.3 Å². The van der Waals surface area contributed by atoms with Crippen LogP contribution in [0.2, 0.25) is 5.15 Å². The number of ether oxygens (including phenoxy) is 2. The van der Waals surface area contributed by atoms with Crippen molar-refractivity contribution in [2.24, 2.45) is 0 Å². The van der Waals surface area contributed by atoms with Crippen molar-refractivity contribution in [1.82, 2.24) is 9.97 Å². The molecule has 4 nitrogen and oxygen atoms in total. The van der Waals surface area contributed by atoms with Gasteiger partial charge in [0.1, 0.15) is 10.7 Å². The second-order valence-corrected chi connectivity index (χ2v) is 3.25. The third-order valence-corrected chi connectivity index (χ3v) is 2.21. The Labute approximate surface area is 91.8 Å². The Morgan fingerprint density at radius 2 is 2.00 bits per heavy atom. The van der Waals surface area contributed by atoms with Crippen LogP contribution in [0.1, 0.15) is 0 Å². The molecule has 0 aliphatic heterocycles. The smallest absolute Gasteiger partial charge is 0.188 e. The summed E-state index contributed by atoms with van der Waals surface area (Å²) in [6, 6.07) is 3.59. The summed E-state index contributed by atoms with van der Waals surface area (Å²) in [6.07, 6.45) is 1.50. The molecule has 0 spiro atoms. The van der Waals surface area contributed by atoms with Crippen molar-refractivity contribution < 1.29 is 9.47 Å². The first-order chi connectivity index (χ1) is 7.26. The minimum Gasteiger partial charge on any atom is -0.493 e. The third-order valence-electron chi connectivity index (χ3n) is 2.03. The molecule has 0 saturated carbocycles. The molecule has 0 aliphatic carbocycles. The molecule has 0 fully saturated rings. The molecule has 1 aromatic carbocycles. The van der Waals surface area contributed by atoms with E-state index in [1.807, 2.05) is 0 Å². The van der Waals surface area contributed by atoms with E-state index >= 15 is 0 Å². The van der Waals surface area contributed by atoms with Gasteiger partial charge >= 0.3 is 0 Å². The van der Waals surface area contributed by atoms with Crippen LogP contribution in [0.3, 0.4) is 0 Å². The SMILES string of the molecule is COc1ccc2ncc(Cl)nc2c1OC. The van der Waals surface area contributed by atoms with E-state index in [9.17, 15) is 0 Å². The molecular weight excluding hydrogens is 216 g/mol. The van der Waals surface area contributed by atoms with Crippen LogP contribution in [-0.2, 0) is 0 Å². The van der Waals surface area contributed by atoms with Crippen LogP contribution in [0, 0.1) is 0 Å². The minimum atomic E-state index is 0.328. The zero-order valence-electron chi connectivity index (χ0n) is 8.32. The highest BCUT2D eigenvalue weighted by atomic mass is 35.5. The molecule has 1 aromatic heterocycles. The maximum atomic E-state index is 5.77. The Hall–Kier alpha value is -1.55. The molecule has 0 radical (unpaired) electrons. The first-order valence-electron chi connectivity index (χ1n) is 4.29. The lowest BCUT2D eigenvalue weighted by Crippen LogP contribution is -1.94. The first kappa shape index (κ1) is 9.98. The molecule has 0 bridgehead atoms. The van der Waals surface area contributed by atoms with E-state index in [1.165, 1.54) is 6.20 Å². The topological polar surface area (TPSA) is 44.2 Å². The molecule has 1 heterocycles. The van der Waals surface area contributed by atoms with Crippen LogP contribution < -0.4 is 9.47 Å². The summed E-state index contributed by atoms with van der Waals surface area (Å²) >= 11 is 5.77. The summed E-state index contributed by atoms with van der Waals surface area (Å²) in [7, 11) is 3.13. The molecule has 2 rings (SSSR count). The summed E-state index contributed by atoms with van der Waals surface area (Å²) in [5, 5.41) is 0.328. The van der Waals surface area contributed by atoms with Gasteiger partial charge in [-0.15, -0.1) is 0 Å². The Kier molecular flexibility index (Phi) is 2.60. The standard InChI is InChI=1S/C10H9ClN2O2/c1-14-7-4-3-6-9(10(7)15-2)13-8(11)5-12-6/h3-5H,1-2H3. The molecule has 0 saturated heterocycles. The van der Waals surface area contributed by atoms with E-state index in [1.54, 1.807) is 26.4 Å². The zero-order chi connectivity index (χ0) is 10.8.